The van der Waals surface area contributed by atoms with Gasteiger partial charge in [-0.3, -0.25) is 4.79 Å². The van der Waals surface area contributed by atoms with E-state index in [0.29, 0.717) is 22.2 Å². The number of pyridine rings is 1. The zero-order valence-electron chi connectivity index (χ0n) is 19.4. The number of benzene rings is 2. The van der Waals surface area contributed by atoms with Crippen LogP contribution < -0.4 is 15.6 Å². The Balaban J connectivity index is 1.83. The highest BCUT2D eigenvalue weighted by Crippen LogP contribution is 2.20. The topological polar surface area (TPSA) is 60.6 Å². The van der Waals surface area contributed by atoms with E-state index in [4.69, 9.17) is 28.6 Å². The molecule has 8 heteroatoms. The first-order valence-corrected chi connectivity index (χ1v) is 12.0. The molecular formula is C25H31ClN4O2S. The summed E-state index contributed by atoms with van der Waals surface area (Å²) in [6.07, 6.45) is 0.929. The molecule has 0 aliphatic rings. The molecule has 0 saturated carbocycles. The predicted octanol–water partition coefficient (Wildman–Crippen LogP) is 5.12. The molecule has 0 radical (unpaired) electrons. The summed E-state index contributed by atoms with van der Waals surface area (Å²) in [5.74, 6) is 0.745. The third kappa shape index (κ3) is 6.93. The Bertz CT molecular complexity index is 1150. The lowest BCUT2D eigenvalue weighted by Gasteiger charge is -2.27. The first-order chi connectivity index (χ1) is 15.9. The van der Waals surface area contributed by atoms with Crippen molar-refractivity contribution >= 4 is 45.5 Å². The Morgan fingerprint density at radius 3 is 2.61 bits per heavy atom. The molecule has 6 nitrogen and oxygen atoms in total. The Labute approximate surface area is 205 Å². The highest BCUT2D eigenvalue weighted by molar-refractivity contribution is 7.80. The molecule has 0 amide bonds. The fourth-order valence-electron chi connectivity index (χ4n) is 3.73. The lowest BCUT2D eigenvalue weighted by Crippen LogP contribution is -2.38. The summed E-state index contributed by atoms with van der Waals surface area (Å²) in [5.41, 5.74) is 2.12. The summed E-state index contributed by atoms with van der Waals surface area (Å²) in [6.45, 7) is 8.42. The van der Waals surface area contributed by atoms with Crippen molar-refractivity contribution in [1.82, 2.24) is 14.8 Å². The van der Waals surface area contributed by atoms with E-state index >= 15 is 0 Å². The van der Waals surface area contributed by atoms with Crippen LogP contribution in [0.15, 0.2) is 53.3 Å². The van der Waals surface area contributed by atoms with Gasteiger partial charge in [0.15, 0.2) is 5.11 Å². The van der Waals surface area contributed by atoms with E-state index in [-0.39, 0.29) is 5.56 Å². The van der Waals surface area contributed by atoms with Crippen LogP contribution in [0.4, 0.5) is 5.69 Å². The average molecular weight is 487 g/mol. The molecule has 1 aromatic heterocycles. The number of aromatic amines is 1. The number of fused-ring (bicyclic) bond motifs is 1. The van der Waals surface area contributed by atoms with Gasteiger partial charge in [0.25, 0.3) is 5.56 Å². The summed E-state index contributed by atoms with van der Waals surface area (Å²) in [4.78, 5) is 20.2. The van der Waals surface area contributed by atoms with E-state index in [1.165, 1.54) is 0 Å². The number of thiocarbonyl (C=S) groups is 1. The second-order valence-electron chi connectivity index (χ2n) is 7.82. The van der Waals surface area contributed by atoms with Gasteiger partial charge in [-0.25, -0.2) is 0 Å². The van der Waals surface area contributed by atoms with Crippen LogP contribution in [0.25, 0.3) is 10.9 Å². The van der Waals surface area contributed by atoms with Crippen molar-refractivity contribution in [3.63, 3.8) is 0 Å². The second kappa shape index (κ2) is 12.0. The Morgan fingerprint density at radius 1 is 1.12 bits per heavy atom. The number of anilines is 1. The number of rotatable bonds is 10. The lowest BCUT2D eigenvalue weighted by atomic mass is 10.1. The van der Waals surface area contributed by atoms with Gasteiger partial charge in [-0.2, -0.15) is 0 Å². The molecule has 3 rings (SSSR count). The number of halogens is 1. The van der Waals surface area contributed by atoms with Crippen molar-refractivity contribution in [2.24, 2.45) is 0 Å². The van der Waals surface area contributed by atoms with E-state index in [1.807, 2.05) is 53.4 Å². The second-order valence-corrected chi connectivity index (χ2v) is 8.64. The Kier molecular flexibility index (Phi) is 9.11. The van der Waals surface area contributed by atoms with Gasteiger partial charge < -0.3 is 24.8 Å². The first kappa shape index (κ1) is 25.0. The van der Waals surface area contributed by atoms with Crippen LogP contribution in [0.5, 0.6) is 5.75 Å². The molecular weight excluding hydrogens is 456 g/mol. The van der Waals surface area contributed by atoms with E-state index in [2.05, 4.69) is 29.0 Å². The maximum atomic E-state index is 12.8. The lowest BCUT2D eigenvalue weighted by molar-refractivity contribution is 0.281. The number of aromatic nitrogens is 1. The van der Waals surface area contributed by atoms with Gasteiger partial charge in [0.1, 0.15) is 5.75 Å². The van der Waals surface area contributed by atoms with E-state index < -0.39 is 0 Å². The maximum Gasteiger partial charge on any atom is 0.253 e. The van der Waals surface area contributed by atoms with Crippen molar-refractivity contribution in [1.29, 1.82) is 0 Å². The smallest absolute Gasteiger partial charge is 0.253 e. The zero-order chi connectivity index (χ0) is 23.8. The summed E-state index contributed by atoms with van der Waals surface area (Å²) in [6, 6.07) is 15.0. The molecule has 0 fully saturated rings. The third-order valence-corrected chi connectivity index (χ3v) is 6.24. The van der Waals surface area contributed by atoms with E-state index in [1.54, 1.807) is 7.11 Å². The number of methoxy groups -OCH3 is 1. The van der Waals surface area contributed by atoms with Gasteiger partial charge in [0.05, 0.1) is 13.7 Å². The molecule has 0 bridgehead atoms. The van der Waals surface area contributed by atoms with Gasteiger partial charge in [0, 0.05) is 33.7 Å². The quantitative estimate of drug-likeness (QED) is 0.388. The summed E-state index contributed by atoms with van der Waals surface area (Å²) >= 11 is 11.9. The van der Waals surface area contributed by atoms with Crippen molar-refractivity contribution < 1.29 is 4.74 Å². The van der Waals surface area contributed by atoms with E-state index in [0.717, 1.165) is 54.9 Å². The molecule has 33 heavy (non-hydrogen) atoms. The van der Waals surface area contributed by atoms with Gasteiger partial charge in [-0.15, -0.1) is 0 Å². The molecule has 0 atom stereocenters. The molecule has 3 aromatic rings. The minimum Gasteiger partial charge on any atom is -0.497 e. The maximum absolute atomic E-state index is 12.8. The fraction of sp³-hybridized carbons (Fsp3) is 0.360. The normalized spacial score (nSPS) is 11.1. The van der Waals surface area contributed by atoms with Gasteiger partial charge >= 0.3 is 0 Å². The minimum atomic E-state index is -0.119. The Morgan fingerprint density at radius 2 is 1.91 bits per heavy atom. The van der Waals surface area contributed by atoms with Crippen molar-refractivity contribution in [3.05, 3.63) is 69.5 Å². The molecule has 0 saturated heterocycles. The van der Waals surface area contributed by atoms with Crippen LogP contribution in [0, 0.1) is 0 Å². The average Bonchev–Trinajstić information content (AvgIpc) is 2.81. The monoisotopic (exact) mass is 486 g/mol. The van der Waals surface area contributed by atoms with Crippen LogP contribution in [0.1, 0.15) is 25.8 Å². The minimum absolute atomic E-state index is 0.119. The molecule has 0 unspecified atom stereocenters. The summed E-state index contributed by atoms with van der Waals surface area (Å²) in [7, 11) is 1.63. The molecule has 0 spiro atoms. The highest BCUT2D eigenvalue weighted by atomic mass is 35.5. The van der Waals surface area contributed by atoms with Gasteiger partial charge in [0.2, 0.25) is 0 Å². The molecule has 0 aliphatic heterocycles. The molecule has 0 aliphatic carbocycles. The molecule has 2 aromatic carbocycles. The SMILES string of the molecule is CCN(CC)CCCN(Cc1cc2cc(OC)ccc2[nH]c1=O)C(=S)Nc1cccc(Cl)c1. The van der Waals surface area contributed by atoms with Crippen molar-refractivity contribution in [3.8, 4) is 5.75 Å². The highest BCUT2D eigenvalue weighted by Gasteiger charge is 2.15. The molecule has 2 N–H and O–H groups in total. The standard InChI is InChI=1S/C25H31ClN4O2S/c1-4-29(5-2)12-7-13-30(25(33)27-21-9-6-8-20(26)16-21)17-19-14-18-15-22(32-3)10-11-23(18)28-24(19)31/h6,8-11,14-16H,4-5,7,12-13,17H2,1-3H3,(H,27,33)(H,28,31). The van der Waals surface area contributed by atoms with Crippen LogP contribution in [-0.4, -0.2) is 53.2 Å². The number of hydrogen-bond donors (Lipinski definition) is 2. The third-order valence-electron chi connectivity index (χ3n) is 5.65. The number of nitrogens with zero attached hydrogens (tertiary/aromatic N) is 2. The van der Waals surface area contributed by atoms with Crippen LogP contribution >= 0.6 is 23.8 Å². The van der Waals surface area contributed by atoms with E-state index in [9.17, 15) is 4.79 Å². The van der Waals surface area contributed by atoms with Crippen molar-refractivity contribution in [2.45, 2.75) is 26.8 Å². The summed E-state index contributed by atoms with van der Waals surface area (Å²) < 4.78 is 5.34. The fourth-order valence-corrected chi connectivity index (χ4v) is 4.19. The number of nitrogens with one attached hydrogen (secondary N) is 2. The number of hydrogen-bond acceptors (Lipinski definition) is 4. The van der Waals surface area contributed by atoms with Crippen LogP contribution in [-0.2, 0) is 6.54 Å². The number of H-pyrrole nitrogens is 1. The summed E-state index contributed by atoms with van der Waals surface area (Å²) in [5, 5.41) is 5.38. The van der Waals surface area contributed by atoms with Gasteiger partial charge in [-0.05, 0) is 80.7 Å². The van der Waals surface area contributed by atoms with Crippen LogP contribution in [0.2, 0.25) is 5.02 Å². The number of ether oxygens (including phenoxy) is 1. The predicted molar refractivity (Wildman–Crippen MR) is 142 cm³/mol. The molecule has 1 heterocycles. The van der Waals surface area contributed by atoms with Crippen LogP contribution in [0.3, 0.4) is 0 Å². The molecule has 176 valence electrons. The zero-order valence-corrected chi connectivity index (χ0v) is 20.9. The Hall–Kier alpha value is -2.61. The first-order valence-electron chi connectivity index (χ1n) is 11.2. The largest absolute Gasteiger partial charge is 0.497 e. The van der Waals surface area contributed by atoms with Crippen molar-refractivity contribution in [2.75, 3.05) is 38.6 Å². The van der Waals surface area contributed by atoms with Gasteiger partial charge in [-0.1, -0.05) is 31.5 Å².